The summed E-state index contributed by atoms with van der Waals surface area (Å²) in [6.07, 6.45) is 4.22. The Labute approximate surface area is 73.3 Å². The Kier molecular flexibility index (Phi) is 1.75. The molecule has 12 heavy (non-hydrogen) atoms. The highest BCUT2D eigenvalue weighted by Gasteiger charge is 2.08. The van der Waals surface area contributed by atoms with Gasteiger partial charge in [0.15, 0.2) is 0 Å². The predicted molar refractivity (Wildman–Crippen MR) is 45.1 cm³/mol. The highest BCUT2D eigenvalue weighted by Crippen LogP contribution is 2.09. The summed E-state index contributed by atoms with van der Waals surface area (Å²) in [5.74, 6) is -0.130. The molecule has 0 saturated heterocycles. The maximum Gasteiger partial charge on any atom is 0.288 e. The minimum Gasteiger partial charge on any atom is -0.266 e. The van der Waals surface area contributed by atoms with Crippen LogP contribution in [0.2, 0.25) is 0 Å². The summed E-state index contributed by atoms with van der Waals surface area (Å²) >= 11 is 1.40. The highest BCUT2D eigenvalue weighted by atomic mass is 32.1. The third kappa shape index (κ3) is 1.16. The van der Waals surface area contributed by atoms with Crippen molar-refractivity contribution in [3.8, 4) is 0 Å². The van der Waals surface area contributed by atoms with Gasteiger partial charge in [-0.15, -0.1) is 11.3 Å². The Hall–Kier alpha value is -1.42. The van der Waals surface area contributed by atoms with Crippen LogP contribution in [0.1, 0.15) is 9.67 Å². The molecule has 0 bridgehead atoms. The first-order chi connectivity index (χ1) is 5.88. The van der Waals surface area contributed by atoms with Gasteiger partial charge in [-0.25, -0.2) is 0 Å². The SMILES string of the molecule is O=C(c1cccs1)n1[c]ccn1. The van der Waals surface area contributed by atoms with E-state index in [-0.39, 0.29) is 5.91 Å². The molecule has 0 aromatic carbocycles. The molecular weight excluding hydrogens is 172 g/mol. The molecule has 4 heteroatoms. The van der Waals surface area contributed by atoms with Crippen molar-refractivity contribution in [2.24, 2.45) is 0 Å². The lowest BCUT2D eigenvalue weighted by molar-refractivity contribution is 0.0948. The third-order valence-corrected chi connectivity index (χ3v) is 2.24. The Morgan fingerprint density at radius 2 is 2.58 bits per heavy atom. The van der Waals surface area contributed by atoms with E-state index in [2.05, 4.69) is 11.3 Å². The molecule has 2 rings (SSSR count). The van der Waals surface area contributed by atoms with Crippen molar-refractivity contribution in [3.63, 3.8) is 0 Å². The van der Waals surface area contributed by atoms with Crippen molar-refractivity contribution in [3.05, 3.63) is 40.8 Å². The number of thiophene rings is 1. The molecule has 1 radical (unpaired) electrons. The van der Waals surface area contributed by atoms with Crippen LogP contribution < -0.4 is 0 Å². The van der Waals surface area contributed by atoms with Crippen LogP contribution in [-0.4, -0.2) is 15.7 Å². The van der Waals surface area contributed by atoms with E-state index in [4.69, 9.17) is 0 Å². The molecule has 0 N–H and O–H groups in total. The summed E-state index contributed by atoms with van der Waals surface area (Å²) < 4.78 is 1.20. The minimum atomic E-state index is -0.130. The van der Waals surface area contributed by atoms with Crippen LogP contribution in [0.15, 0.2) is 29.8 Å². The number of hydrogen-bond acceptors (Lipinski definition) is 3. The average Bonchev–Trinajstić information content (AvgIpc) is 2.77. The van der Waals surface area contributed by atoms with Gasteiger partial charge in [0.05, 0.1) is 17.3 Å². The highest BCUT2D eigenvalue weighted by molar-refractivity contribution is 7.12. The Morgan fingerprint density at radius 3 is 3.17 bits per heavy atom. The molecule has 0 spiro atoms. The van der Waals surface area contributed by atoms with E-state index in [0.29, 0.717) is 4.88 Å². The first-order valence-corrected chi connectivity index (χ1v) is 4.26. The molecule has 2 aromatic rings. The van der Waals surface area contributed by atoms with E-state index >= 15 is 0 Å². The van der Waals surface area contributed by atoms with Crippen LogP contribution in [0.5, 0.6) is 0 Å². The predicted octanol–water partition coefficient (Wildman–Crippen LogP) is 1.43. The molecule has 0 aliphatic heterocycles. The average molecular weight is 177 g/mol. The molecule has 0 fully saturated rings. The smallest absolute Gasteiger partial charge is 0.266 e. The van der Waals surface area contributed by atoms with Crippen molar-refractivity contribution >= 4 is 17.2 Å². The van der Waals surface area contributed by atoms with Crippen LogP contribution >= 0.6 is 11.3 Å². The summed E-state index contributed by atoms with van der Waals surface area (Å²) in [5.41, 5.74) is 0. The lowest BCUT2D eigenvalue weighted by Crippen LogP contribution is -2.10. The van der Waals surface area contributed by atoms with Crippen molar-refractivity contribution < 1.29 is 4.79 Å². The summed E-state index contributed by atoms with van der Waals surface area (Å²) in [6, 6.07) is 5.20. The summed E-state index contributed by atoms with van der Waals surface area (Å²) in [6.45, 7) is 0. The molecule has 59 valence electrons. The lowest BCUT2D eigenvalue weighted by atomic mass is 10.4. The summed E-state index contributed by atoms with van der Waals surface area (Å²) in [7, 11) is 0. The van der Waals surface area contributed by atoms with Gasteiger partial charge < -0.3 is 0 Å². The first kappa shape index (κ1) is 7.24. The topological polar surface area (TPSA) is 34.9 Å². The van der Waals surface area contributed by atoms with Gasteiger partial charge in [0.2, 0.25) is 0 Å². The van der Waals surface area contributed by atoms with Gasteiger partial charge in [-0.1, -0.05) is 6.07 Å². The van der Waals surface area contributed by atoms with Gasteiger partial charge in [-0.05, 0) is 17.5 Å². The van der Waals surface area contributed by atoms with Crippen molar-refractivity contribution in [1.82, 2.24) is 9.78 Å². The molecule has 0 unspecified atom stereocenters. The van der Waals surface area contributed by atoms with E-state index in [1.807, 2.05) is 11.4 Å². The second kappa shape index (κ2) is 2.91. The second-order valence-corrected chi connectivity index (χ2v) is 3.10. The summed E-state index contributed by atoms with van der Waals surface area (Å²) in [5, 5.41) is 5.65. The van der Waals surface area contributed by atoms with Gasteiger partial charge in [-0.2, -0.15) is 9.78 Å². The van der Waals surface area contributed by atoms with E-state index < -0.39 is 0 Å². The molecule has 0 aliphatic rings. The fraction of sp³-hybridized carbons (Fsp3) is 0. The molecule has 2 aromatic heterocycles. The number of carbonyl (C=O) groups excluding carboxylic acids is 1. The Balaban J connectivity index is 2.34. The zero-order chi connectivity index (χ0) is 8.39. The van der Waals surface area contributed by atoms with Gasteiger partial charge in [0, 0.05) is 0 Å². The van der Waals surface area contributed by atoms with E-state index in [1.54, 1.807) is 12.1 Å². The first-order valence-electron chi connectivity index (χ1n) is 3.38. The minimum absolute atomic E-state index is 0.130. The van der Waals surface area contributed by atoms with Crippen LogP contribution in [0, 0.1) is 6.20 Å². The molecule has 0 saturated carbocycles. The molecular formula is C8H5N2OS. The molecule has 0 amide bonds. The number of aromatic nitrogens is 2. The third-order valence-electron chi connectivity index (χ3n) is 1.38. The van der Waals surface area contributed by atoms with Gasteiger partial charge >= 0.3 is 0 Å². The monoisotopic (exact) mass is 177 g/mol. The Bertz CT molecular complexity index is 327. The maximum atomic E-state index is 11.4. The molecule has 0 aliphatic carbocycles. The number of carbonyl (C=O) groups is 1. The second-order valence-electron chi connectivity index (χ2n) is 2.15. The number of rotatable bonds is 1. The normalized spacial score (nSPS) is 10.0. The Morgan fingerprint density at radius 1 is 1.67 bits per heavy atom. The fourth-order valence-corrected chi connectivity index (χ4v) is 1.50. The van der Waals surface area contributed by atoms with Crippen molar-refractivity contribution in [2.75, 3.05) is 0 Å². The van der Waals surface area contributed by atoms with E-state index in [9.17, 15) is 4.79 Å². The van der Waals surface area contributed by atoms with Crippen LogP contribution in [-0.2, 0) is 0 Å². The quantitative estimate of drug-likeness (QED) is 0.660. The van der Waals surface area contributed by atoms with Crippen LogP contribution in [0.4, 0.5) is 0 Å². The van der Waals surface area contributed by atoms with Crippen LogP contribution in [0.25, 0.3) is 0 Å². The maximum absolute atomic E-state index is 11.4. The zero-order valence-corrected chi connectivity index (χ0v) is 6.91. The molecule has 3 nitrogen and oxygen atoms in total. The summed E-state index contributed by atoms with van der Waals surface area (Å²) in [4.78, 5) is 12.1. The van der Waals surface area contributed by atoms with Crippen molar-refractivity contribution in [2.45, 2.75) is 0 Å². The van der Waals surface area contributed by atoms with Crippen molar-refractivity contribution in [1.29, 1.82) is 0 Å². The van der Waals surface area contributed by atoms with Gasteiger partial charge in [0.1, 0.15) is 0 Å². The van der Waals surface area contributed by atoms with Gasteiger partial charge in [0.25, 0.3) is 5.91 Å². The molecule has 0 atom stereocenters. The largest absolute Gasteiger partial charge is 0.288 e. The number of nitrogens with zero attached hydrogens (tertiary/aromatic N) is 2. The van der Waals surface area contributed by atoms with E-state index in [1.165, 1.54) is 22.2 Å². The van der Waals surface area contributed by atoms with Gasteiger partial charge in [-0.3, -0.25) is 4.79 Å². The fourth-order valence-electron chi connectivity index (χ4n) is 0.853. The number of hydrogen-bond donors (Lipinski definition) is 0. The standard InChI is InChI=1S/C8H5N2OS/c11-8(7-3-1-6-12-7)10-5-2-4-9-10/h1-4,6H. The zero-order valence-electron chi connectivity index (χ0n) is 6.10. The van der Waals surface area contributed by atoms with E-state index in [0.717, 1.165) is 0 Å². The molecule has 2 heterocycles. The van der Waals surface area contributed by atoms with Crippen LogP contribution in [0.3, 0.4) is 0 Å². The lowest BCUT2D eigenvalue weighted by Gasteiger charge is -1.93.